The van der Waals surface area contributed by atoms with E-state index in [1.807, 2.05) is 0 Å². The van der Waals surface area contributed by atoms with Gasteiger partial charge in [-0.05, 0) is 24.6 Å². The molecule has 0 atom stereocenters. The van der Waals surface area contributed by atoms with Gasteiger partial charge in [0, 0.05) is 4.47 Å². The molecule has 0 bridgehead atoms. The number of nitrogens with one attached hydrogen (secondary N) is 2. The summed E-state index contributed by atoms with van der Waals surface area (Å²) in [6.45, 7) is 0.545. The first-order chi connectivity index (χ1) is 9.22. The number of amides is 1. The zero-order valence-corrected chi connectivity index (χ0v) is 12.9. The molecule has 9 heteroatoms. The number of carboxylic acids is 1. The number of aliphatic carboxylic acids is 1. The molecule has 0 aromatic heterocycles. The Bertz CT molecular complexity index is 630. The quantitative estimate of drug-likeness (QED) is 0.668. The third-order valence-corrected chi connectivity index (χ3v) is 4.34. The lowest BCUT2D eigenvalue weighted by molar-refractivity contribution is -0.137. The highest BCUT2D eigenvalue weighted by atomic mass is 79.9. The molecule has 0 fully saturated rings. The van der Waals surface area contributed by atoms with Crippen molar-refractivity contribution in [3.63, 3.8) is 0 Å². The molecule has 0 aliphatic heterocycles. The van der Waals surface area contributed by atoms with Gasteiger partial charge in [0.2, 0.25) is 15.9 Å². The zero-order valence-electron chi connectivity index (χ0n) is 10.5. The minimum absolute atomic E-state index is 0.0536. The lowest BCUT2D eigenvalue weighted by Gasteiger charge is -2.09. The largest absolute Gasteiger partial charge is 0.480 e. The van der Waals surface area contributed by atoms with Crippen LogP contribution in [0, 0.1) is 6.92 Å². The standard InChI is InChI=1S/C11H13BrN2O5S/c1-7-2-3-8(12)4-9(7)20(18,19)14-5-10(15)13-6-11(16)17/h2-4,14H,5-6H2,1H3,(H,13,15)(H,16,17). The van der Waals surface area contributed by atoms with Crippen LogP contribution in [0.3, 0.4) is 0 Å². The van der Waals surface area contributed by atoms with E-state index < -0.39 is 35.0 Å². The number of benzene rings is 1. The molecule has 0 heterocycles. The van der Waals surface area contributed by atoms with Gasteiger partial charge in [0.1, 0.15) is 6.54 Å². The van der Waals surface area contributed by atoms with Crippen molar-refractivity contribution >= 4 is 37.8 Å². The van der Waals surface area contributed by atoms with E-state index in [2.05, 4.69) is 26.0 Å². The van der Waals surface area contributed by atoms with Crippen LogP contribution in [0.5, 0.6) is 0 Å². The number of halogens is 1. The lowest BCUT2D eigenvalue weighted by atomic mass is 10.2. The minimum atomic E-state index is -3.84. The van der Waals surface area contributed by atoms with E-state index in [1.165, 1.54) is 6.07 Å². The molecule has 0 spiro atoms. The first-order valence-corrected chi connectivity index (χ1v) is 7.74. The summed E-state index contributed by atoms with van der Waals surface area (Å²) in [5.74, 6) is -1.92. The molecule has 0 saturated heterocycles. The second-order valence-electron chi connectivity index (χ2n) is 3.90. The van der Waals surface area contributed by atoms with E-state index in [4.69, 9.17) is 5.11 Å². The molecular formula is C11H13BrN2O5S. The van der Waals surface area contributed by atoms with Crippen LogP contribution in [-0.4, -0.2) is 38.5 Å². The molecule has 0 saturated carbocycles. The van der Waals surface area contributed by atoms with Gasteiger partial charge in [-0.2, -0.15) is 0 Å². The minimum Gasteiger partial charge on any atom is -0.480 e. The highest BCUT2D eigenvalue weighted by Gasteiger charge is 2.18. The number of rotatable bonds is 6. The maximum atomic E-state index is 12.0. The molecule has 1 amide bonds. The van der Waals surface area contributed by atoms with Crippen LogP contribution in [0.25, 0.3) is 0 Å². The predicted octanol–water partition coefficient (Wildman–Crippen LogP) is 0.237. The van der Waals surface area contributed by atoms with E-state index in [1.54, 1.807) is 19.1 Å². The second-order valence-corrected chi connectivity index (χ2v) is 6.56. The highest BCUT2D eigenvalue weighted by molar-refractivity contribution is 9.10. The van der Waals surface area contributed by atoms with Crippen LogP contribution < -0.4 is 10.0 Å². The SMILES string of the molecule is Cc1ccc(Br)cc1S(=O)(=O)NCC(=O)NCC(=O)O. The number of aryl methyl sites for hydroxylation is 1. The lowest BCUT2D eigenvalue weighted by Crippen LogP contribution is -2.39. The maximum Gasteiger partial charge on any atom is 0.322 e. The first-order valence-electron chi connectivity index (χ1n) is 5.46. The van der Waals surface area contributed by atoms with Crippen LogP contribution in [0.1, 0.15) is 5.56 Å². The van der Waals surface area contributed by atoms with Crippen molar-refractivity contribution in [1.29, 1.82) is 0 Å². The normalized spacial score (nSPS) is 11.1. The Balaban J connectivity index is 2.73. The summed E-state index contributed by atoms with van der Waals surface area (Å²) in [4.78, 5) is 21.6. The van der Waals surface area contributed by atoms with Crippen LogP contribution >= 0.6 is 15.9 Å². The number of hydrogen-bond donors (Lipinski definition) is 3. The summed E-state index contributed by atoms with van der Waals surface area (Å²) in [5, 5.41) is 10.4. The monoisotopic (exact) mass is 364 g/mol. The molecule has 110 valence electrons. The molecule has 20 heavy (non-hydrogen) atoms. The van der Waals surface area contributed by atoms with Crippen molar-refractivity contribution in [2.45, 2.75) is 11.8 Å². The molecule has 1 aromatic rings. The molecule has 3 N–H and O–H groups in total. The number of carboxylic acid groups (broad SMARTS) is 1. The van der Waals surface area contributed by atoms with Gasteiger partial charge in [0.15, 0.2) is 0 Å². The third-order valence-electron chi connectivity index (χ3n) is 2.30. The van der Waals surface area contributed by atoms with Crippen LogP contribution in [0.15, 0.2) is 27.6 Å². The molecule has 0 radical (unpaired) electrons. The fraction of sp³-hybridized carbons (Fsp3) is 0.273. The Morgan fingerprint density at radius 1 is 1.30 bits per heavy atom. The molecule has 1 rings (SSSR count). The van der Waals surface area contributed by atoms with Crippen LogP contribution in [0.2, 0.25) is 0 Å². The van der Waals surface area contributed by atoms with Crippen LogP contribution in [-0.2, 0) is 19.6 Å². The third kappa shape index (κ3) is 4.91. The second kappa shape index (κ2) is 6.82. The van der Waals surface area contributed by atoms with Gasteiger partial charge in [-0.3, -0.25) is 9.59 Å². The van der Waals surface area contributed by atoms with E-state index >= 15 is 0 Å². The Labute approximate surface area is 124 Å². The topological polar surface area (TPSA) is 113 Å². The number of carbonyl (C=O) groups is 2. The van der Waals surface area contributed by atoms with Crippen LogP contribution in [0.4, 0.5) is 0 Å². The average molecular weight is 365 g/mol. The Hall–Kier alpha value is -1.45. The summed E-state index contributed by atoms with van der Waals surface area (Å²) < 4.78 is 26.7. The average Bonchev–Trinajstić information content (AvgIpc) is 2.36. The highest BCUT2D eigenvalue weighted by Crippen LogP contribution is 2.20. The van der Waals surface area contributed by atoms with Gasteiger partial charge in [0.05, 0.1) is 11.4 Å². The van der Waals surface area contributed by atoms with E-state index in [0.717, 1.165) is 0 Å². The molecule has 0 unspecified atom stereocenters. The predicted molar refractivity (Wildman–Crippen MR) is 74.7 cm³/mol. The van der Waals surface area contributed by atoms with Gasteiger partial charge in [-0.1, -0.05) is 22.0 Å². The molecule has 0 aliphatic carbocycles. The van der Waals surface area contributed by atoms with E-state index in [0.29, 0.717) is 10.0 Å². The Kier molecular flexibility index (Phi) is 5.66. The Morgan fingerprint density at radius 2 is 1.95 bits per heavy atom. The maximum absolute atomic E-state index is 12.0. The Morgan fingerprint density at radius 3 is 2.55 bits per heavy atom. The summed E-state index contributed by atoms with van der Waals surface area (Å²) in [6.07, 6.45) is 0. The van der Waals surface area contributed by atoms with Crippen molar-refractivity contribution in [3.05, 3.63) is 28.2 Å². The molecular weight excluding hydrogens is 352 g/mol. The van der Waals surface area contributed by atoms with Crippen molar-refractivity contribution in [2.24, 2.45) is 0 Å². The summed E-state index contributed by atoms with van der Waals surface area (Å²) in [7, 11) is -3.84. The van der Waals surface area contributed by atoms with Crippen molar-refractivity contribution in [3.8, 4) is 0 Å². The van der Waals surface area contributed by atoms with Gasteiger partial charge in [0.25, 0.3) is 0 Å². The van der Waals surface area contributed by atoms with Crippen molar-refractivity contribution in [2.75, 3.05) is 13.1 Å². The van der Waals surface area contributed by atoms with Crippen molar-refractivity contribution < 1.29 is 23.1 Å². The van der Waals surface area contributed by atoms with E-state index in [9.17, 15) is 18.0 Å². The molecule has 7 nitrogen and oxygen atoms in total. The fourth-order valence-corrected chi connectivity index (χ4v) is 3.10. The summed E-state index contributed by atoms with van der Waals surface area (Å²) in [5.41, 5.74) is 0.534. The van der Waals surface area contributed by atoms with Gasteiger partial charge in [-0.25, -0.2) is 13.1 Å². The summed E-state index contributed by atoms with van der Waals surface area (Å²) in [6, 6.07) is 4.75. The molecule has 1 aromatic carbocycles. The van der Waals surface area contributed by atoms with Gasteiger partial charge >= 0.3 is 5.97 Å². The van der Waals surface area contributed by atoms with Crippen molar-refractivity contribution in [1.82, 2.24) is 10.0 Å². The molecule has 0 aliphatic rings. The zero-order chi connectivity index (χ0) is 15.3. The smallest absolute Gasteiger partial charge is 0.322 e. The first kappa shape index (κ1) is 16.6. The summed E-state index contributed by atoms with van der Waals surface area (Å²) >= 11 is 3.17. The fourth-order valence-electron chi connectivity index (χ4n) is 1.34. The van der Waals surface area contributed by atoms with E-state index in [-0.39, 0.29) is 4.90 Å². The van der Waals surface area contributed by atoms with Gasteiger partial charge < -0.3 is 10.4 Å². The number of hydrogen-bond acceptors (Lipinski definition) is 4. The number of carbonyl (C=O) groups excluding carboxylic acids is 1. The number of sulfonamides is 1. The van der Waals surface area contributed by atoms with Gasteiger partial charge in [-0.15, -0.1) is 0 Å².